The van der Waals surface area contributed by atoms with E-state index in [1.807, 2.05) is 0 Å². The van der Waals surface area contributed by atoms with Crippen molar-refractivity contribution in [3.63, 3.8) is 0 Å². The first kappa shape index (κ1) is 13.9. The van der Waals surface area contributed by atoms with Crippen molar-refractivity contribution in [2.75, 3.05) is 12.4 Å². The Balaban J connectivity index is 2.10. The van der Waals surface area contributed by atoms with Gasteiger partial charge in [-0.2, -0.15) is 0 Å². The van der Waals surface area contributed by atoms with E-state index < -0.39 is 10.0 Å². The SMILES string of the molecule is NS(=O)(=O)CCCCCOc1ccc(F)cc1. The molecular weight excluding hydrogens is 245 g/mol. The molecule has 0 bridgehead atoms. The highest BCUT2D eigenvalue weighted by Crippen LogP contribution is 2.11. The molecule has 17 heavy (non-hydrogen) atoms. The molecule has 1 aromatic carbocycles. The van der Waals surface area contributed by atoms with Gasteiger partial charge in [-0.25, -0.2) is 17.9 Å². The Morgan fingerprint density at radius 1 is 1.12 bits per heavy atom. The Kier molecular flexibility index (Phi) is 5.37. The molecule has 0 fully saturated rings. The Labute approximate surface area is 101 Å². The van der Waals surface area contributed by atoms with E-state index in [0.717, 1.165) is 12.8 Å². The lowest BCUT2D eigenvalue weighted by Gasteiger charge is -2.05. The number of rotatable bonds is 7. The lowest BCUT2D eigenvalue weighted by molar-refractivity contribution is 0.306. The second kappa shape index (κ2) is 6.56. The average Bonchev–Trinajstić information content (AvgIpc) is 2.24. The van der Waals surface area contributed by atoms with Crippen LogP contribution in [0.1, 0.15) is 19.3 Å². The molecule has 0 saturated heterocycles. The molecule has 96 valence electrons. The zero-order valence-corrected chi connectivity index (χ0v) is 10.2. The second-order valence-electron chi connectivity index (χ2n) is 3.73. The number of primary sulfonamides is 1. The van der Waals surface area contributed by atoms with E-state index in [4.69, 9.17) is 9.88 Å². The molecule has 0 amide bonds. The minimum Gasteiger partial charge on any atom is -0.494 e. The predicted molar refractivity (Wildman–Crippen MR) is 63.7 cm³/mol. The highest BCUT2D eigenvalue weighted by Gasteiger charge is 2.01. The summed E-state index contributed by atoms with van der Waals surface area (Å²) in [5.74, 6) is 0.312. The molecule has 0 heterocycles. The number of benzene rings is 1. The molecule has 1 aromatic rings. The summed E-state index contributed by atoms with van der Waals surface area (Å²) in [6.45, 7) is 0.482. The Morgan fingerprint density at radius 3 is 2.35 bits per heavy atom. The third-order valence-corrected chi connectivity index (χ3v) is 3.01. The van der Waals surface area contributed by atoms with Gasteiger partial charge >= 0.3 is 0 Å². The van der Waals surface area contributed by atoms with E-state index in [-0.39, 0.29) is 11.6 Å². The maximum atomic E-state index is 12.6. The Bertz CT molecular complexity index is 431. The molecule has 0 saturated carbocycles. The number of nitrogens with two attached hydrogens (primary N) is 1. The van der Waals surface area contributed by atoms with Gasteiger partial charge in [-0.3, -0.25) is 0 Å². The van der Waals surface area contributed by atoms with Crippen LogP contribution < -0.4 is 9.88 Å². The molecule has 4 nitrogen and oxygen atoms in total. The van der Waals surface area contributed by atoms with E-state index in [2.05, 4.69) is 0 Å². The largest absolute Gasteiger partial charge is 0.494 e. The molecule has 0 aliphatic carbocycles. The molecule has 1 rings (SSSR count). The summed E-state index contributed by atoms with van der Waals surface area (Å²) in [7, 11) is -3.35. The van der Waals surface area contributed by atoms with E-state index in [1.54, 1.807) is 12.1 Å². The van der Waals surface area contributed by atoms with Crippen molar-refractivity contribution >= 4 is 10.0 Å². The minimum atomic E-state index is -3.35. The van der Waals surface area contributed by atoms with Crippen LogP contribution in [0, 0.1) is 5.82 Å². The van der Waals surface area contributed by atoms with Crippen LogP contribution in [0.4, 0.5) is 4.39 Å². The number of hydrogen-bond acceptors (Lipinski definition) is 3. The second-order valence-corrected chi connectivity index (χ2v) is 5.46. The van der Waals surface area contributed by atoms with Gasteiger partial charge < -0.3 is 4.74 Å². The molecule has 6 heteroatoms. The van der Waals surface area contributed by atoms with Crippen LogP contribution in [-0.4, -0.2) is 20.8 Å². The molecular formula is C11H16FNO3S. The van der Waals surface area contributed by atoms with E-state index in [9.17, 15) is 12.8 Å². The van der Waals surface area contributed by atoms with E-state index in [1.165, 1.54) is 12.1 Å². The van der Waals surface area contributed by atoms with Gasteiger partial charge in [0.15, 0.2) is 0 Å². The maximum absolute atomic E-state index is 12.6. The smallest absolute Gasteiger partial charge is 0.209 e. The topological polar surface area (TPSA) is 69.4 Å². The van der Waals surface area contributed by atoms with Crippen LogP contribution in [0.2, 0.25) is 0 Å². The number of unbranched alkanes of at least 4 members (excludes halogenated alkanes) is 2. The van der Waals surface area contributed by atoms with Crippen molar-refractivity contribution in [3.8, 4) is 5.75 Å². The summed E-state index contributed by atoms with van der Waals surface area (Å²) in [6, 6.07) is 5.77. The number of hydrogen-bond donors (Lipinski definition) is 1. The predicted octanol–water partition coefficient (Wildman–Crippen LogP) is 1.66. The van der Waals surface area contributed by atoms with Crippen molar-refractivity contribution in [1.82, 2.24) is 0 Å². The van der Waals surface area contributed by atoms with Gasteiger partial charge in [0, 0.05) is 0 Å². The van der Waals surface area contributed by atoms with Crippen LogP contribution in [0.5, 0.6) is 5.75 Å². The van der Waals surface area contributed by atoms with Gasteiger partial charge in [-0.05, 0) is 43.5 Å². The minimum absolute atomic E-state index is 0.00352. The fourth-order valence-corrected chi connectivity index (χ4v) is 1.91. The zero-order chi connectivity index (χ0) is 12.7. The van der Waals surface area contributed by atoms with Gasteiger partial charge in [0.2, 0.25) is 10.0 Å². The molecule has 0 radical (unpaired) electrons. The molecule has 0 aliphatic heterocycles. The summed E-state index contributed by atoms with van der Waals surface area (Å²) in [5.41, 5.74) is 0. The van der Waals surface area contributed by atoms with Gasteiger partial charge in [-0.1, -0.05) is 0 Å². The standard InChI is InChI=1S/C11H16FNO3S/c12-10-4-6-11(7-5-10)16-8-2-1-3-9-17(13,14)15/h4-7H,1-3,8-9H2,(H2,13,14,15). The lowest BCUT2D eigenvalue weighted by atomic mass is 10.2. The zero-order valence-electron chi connectivity index (χ0n) is 9.43. The van der Waals surface area contributed by atoms with Crippen LogP contribution in [0.25, 0.3) is 0 Å². The van der Waals surface area contributed by atoms with Gasteiger partial charge in [0.25, 0.3) is 0 Å². The summed E-state index contributed by atoms with van der Waals surface area (Å²) in [6.07, 6.45) is 2.01. The van der Waals surface area contributed by atoms with E-state index >= 15 is 0 Å². The lowest BCUT2D eigenvalue weighted by Crippen LogP contribution is -2.16. The molecule has 0 aromatic heterocycles. The van der Waals surface area contributed by atoms with Crippen molar-refractivity contribution in [2.24, 2.45) is 5.14 Å². The quantitative estimate of drug-likeness (QED) is 0.759. The fraction of sp³-hybridized carbons (Fsp3) is 0.455. The number of sulfonamides is 1. The molecule has 0 unspecified atom stereocenters. The van der Waals surface area contributed by atoms with Gasteiger partial charge in [-0.15, -0.1) is 0 Å². The van der Waals surface area contributed by atoms with Crippen LogP contribution in [-0.2, 0) is 10.0 Å². The van der Waals surface area contributed by atoms with Crippen molar-refractivity contribution in [1.29, 1.82) is 0 Å². The maximum Gasteiger partial charge on any atom is 0.209 e. The van der Waals surface area contributed by atoms with E-state index in [0.29, 0.717) is 18.8 Å². The summed E-state index contributed by atoms with van der Waals surface area (Å²) < 4.78 is 39.2. The Hall–Kier alpha value is -1.14. The highest BCUT2D eigenvalue weighted by molar-refractivity contribution is 7.89. The molecule has 0 atom stereocenters. The van der Waals surface area contributed by atoms with Crippen LogP contribution in [0.15, 0.2) is 24.3 Å². The van der Waals surface area contributed by atoms with Crippen molar-refractivity contribution < 1.29 is 17.5 Å². The first-order valence-electron chi connectivity index (χ1n) is 5.36. The monoisotopic (exact) mass is 261 g/mol. The van der Waals surface area contributed by atoms with Gasteiger partial charge in [0.05, 0.1) is 12.4 Å². The average molecular weight is 261 g/mol. The summed E-state index contributed by atoms with van der Waals surface area (Å²) in [5, 5.41) is 4.86. The summed E-state index contributed by atoms with van der Waals surface area (Å²) in [4.78, 5) is 0. The number of halogens is 1. The fourth-order valence-electron chi connectivity index (χ4n) is 1.30. The normalized spacial score (nSPS) is 11.4. The third-order valence-electron chi connectivity index (χ3n) is 2.16. The molecule has 0 spiro atoms. The Morgan fingerprint density at radius 2 is 1.76 bits per heavy atom. The summed E-state index contributed by atoms with van der Waals surface area (Å²) >= 11 is 0. The molecule has 0 aliphatic rings. The molecule has 2 N–H and O–H groups in total. The van der Waals surface area contributed by atoms with Gasteiger partial charge in [0.1, 0.15) is 11.6 Å². The first-order valence-corrected chi connectivity index (χ1v) is 7.08. The first-order chi connectivity index (χ1) is 7.97. The van der Waals surface area contributed by atoms with Crippen LogP contribution in [0.3, 0.4) is 0 Å². The van der Waals surface area contributed by atoms with Crippen molar-refractivity contribution in [3.05, 3.63) is 30.1 Å². The third kappa shape index (κ3) is 6.91. The highest BCUT2D eigenvalue weighted by atomic mass is 32.2. The van der Waals surface area contributed by atoms with Crippen LogP contribution >= 0.6 is 0 Å². The van der Waals surface area contributed by atoms with Crippen molar-refractivity contribution in [2.45, 2.75) is 19.3 Å². The number of ether oxygens (including phenoxy) is 1.